The van der Waals surface area contributed by atoms with Crippen LogP contribution in [0, 0.1) is 11.3 Å². The van der Waals surface area contributed by atoms with Gasteiger partial charge in [-0.1, -0.05) is 24.3 Å². The molecule has 1 aliphatic heterocycles. The molecule has 5 rings (SSSR count). The van der Waals surface area contributed by atoms with Crippen molar-refractivity contribution in [2.45, 2.75) is 57.2 Å². The third-order valence-corrected chi connectivity index (χ3v) is 6.57. The van der Waals surface area contributed by atoms with Crippen molar-refractivity contribution in [2.75, 3.05) is 11.9 Å². The van der Waals surface area contributed by atoms with Gasteiger partial charge >= 0.3 is 0 Å². The lowest BCUT2D eigenvalue weighted by Gasteiger charge is -2.26. The molecule has 2 aliphatic rings. The van der Waals surface area contributed by atoms with Gasteiger partial charge in [0.15, 0.2) is 0 Å². The topological polar surface area (TPSA) is 74.1 Å². The number of para-hydroxylation sites is 1. The molecule has 1 saturated carbocycles. The molecule has 0 spiro atoms. The number of ether oxygens (including phenoxy) is 1. The summed E-state index contributed by atoms with van der Waals surface area (Å²) in [5, 5.41) is 12.2. The average Bonchev–Trinajstić information content (AvgIpc) is 3.53. The first-order chi connectivity index (χ1) is 16.3. The maximum absolute atomic E-state index is 8.94. The van der Waals surface area contributed by atoms with Gasteiger partial charge in [-0.15, -0.1) is 0 Å². The SMILES string of the molecule is N#Cc1ccc(Nc2cccc([C@H]3CCCN3Cc3ccccc3OC3CCCC3)n2)cn1. The van der Waals surface area contributed by atoms with E-state index in [1.54, 1.807) is 12.3 Å². The smallest absolute Gasteiger partial charge is 0.140 e. The van der Waals surface area contributed by atoms with E-state index >= 15 is 0 Å². The number of likely N-dealkylation sites (tertiary alicyclic amines) is 1. The molecule has 0 amide bonds. The van der Waals surface area contributed by atoms with Crippen molar-refractivity contribution in [1.29, 1.82) is 5.26 Å². The Hall–Kier alpha value is -3.43. The number of hydrogen-bond acceptors (Lipinski definition) is 6. The Morgan fingerprint density at radius 1 is 1.00 bits per heavy atom. The zero-order valence-electron chi connectivity index (χ0n) is 18.8. The van der Waals surface area contributed by atoms with Crippen molar-refractivity contribution in [2.24, 2.45) is 0 Å². The highest BCUT2D eigenvalue weighted by Crippen LogP contribution is 2.35. The molecular formula is C27H29N5O. The molecule has 1 aromatic carbocycles. The fourth-order valence-electron chi connectivity index (χ4n) is 4.89. The van der Waals surface area contributed by atoms with Gasteiger partial charge in [0.25, 0.3) is 0 Å². The maximum Gasteiger partial charge on any atom is 0.140 e. The van der Waals surface area contributed by atoms with Crippen LogP contribution in [-0.2, 0) is 6.54 Å². The Labute approximate surface area is 195 Å². The fourth-order valence-corrected chi connectivity index (χ4v) is 4.89. The van der Waals surface area contributed by atoms with Crippen LogP contribution in [0.2, 0.25) is 0 Å². The van der Waals surface area contributed by atoms with Gasteiger partial charge < -0.3 is 10.1 Å². The summed E-state index contributed by atoms with van der Waals surface area (Å²) in [6, 6.07) is 20.5. The van der Waals surface area contributed by atoms with Crippen LogP contribution in [0.4, 0.5) is 11.5 Å². The van der Waals surface area contributed by atoms with Gasteiger partial charge in [0.1, 0.15) is 23.3 Å². The molecule has 6 heteroatoms. The largest absolute Gasteiger partial charge is 0.490 e. The summed E-state index contributed by atoms with van der Waals surface area (Å²) < 4.78 is 6.38. The van der Waals surface area contributed by atoms with E-state index in [0.717, 1.165) is 48.9 Å². The van der Waals surface area contributed by atoms with E-state index < -0.39 is 0 Å². The van der Waals surface area contributed by atoms with E-state index in [1.807, 2.05) is 18.2 Å². The highest BCUT2D eigenvalue weighted by Gasteiger charge is 2.28. The van der Waals surface area contributed by atoms with Crippen LogP contribution in [0.3, 0.4) is 0 Å². The first-order valence-corrected chi connectivity index (χ1v) is 11.9. The first kappa shape index (κ1) is 21.4. The number of anilines is 2. The van der Waals surface area contributed by atoms with Crippen molar-refractivity contribution in [3.05, 3.63) is 77.7 Å². The Morgan fingerprint density at radius 2 is 1.88 bits per heavy atom. The van der Waals surface area contributed by atoms with Gasteiger partial charge in [0, 0.05) is 12.1 Å². The Kier molecular flexibility index (Phi) is 6.50. The normalized spacial score (nSPS) is 18.8. The monoisotopic (exact) mass is 439 g/mol. The summed E-state index contributed by atoms with van der Waals surface area (Å²) in [5.41, 5.74) is 3.56. The predicted octanol–water partition coefficient (Wildman–Crippen LogP) is 5.75. The van der Waals surface area contributed by atoms with Gasteiger partial charge in [-0.2, -0.15) is 5.26 Å². The zero-order valence-corrected chi connectivity index (χ0v) is 18.8. The molecule has 2 aromatic heterocycles. The second kappa shape index (κ2) is 10.0. The van der Waals surface area contributed by atoms with E-state index in [1.165, 1.54) is 31.2 Å². The lowest BCUT2D eigenvalue weighted by atomic mass is 10.1. The molecule has 3 heterocycles. The van der Waals surface area contributed by atoms with E-state index in [2.05, 4.69) is 51.6 Å². The third kappa shape index (κ3) is 5.15. The average molecular weight is 440 g/mol. The molecule has 3 aromatic rings. The van der Waals surface area contributed by atoms with Crippen molar-refractivity contribution in [3.8, 4) is 11.8 Å². The van der Waals surface area contributed by atoms with Crippen molar-refractivity contribution in [3.63, 3.8) is 0 Å². The maximum atomic E-state index is 8.94. The van der Waals surface area contributed by atoms with Crippen LogP contribution in [0.25, 0.3) is 0 Å². The number of nitriles is 1. The lowest BCUT2D eigenvalue weighted by molar-refractivity contribution is 0.198. The van der Waals surface area contributed by atoms with Crippen LogP contribution in [0.1, 0.15) is 61.5 Å². The second-order valence-corrected chi connectivity index (χ2v) is 8.88. The lowest BCUT2D eigenvalue weighted by Crippen LogP contribution is -2.24. The number of nitrogens with zero attached hydrogens (tertiary/aromatic N) is 4. The minimum absolute atomic E-state index is 0.283. The summed E-state index contributed by atoms with van der Waals surface area (Å²) in [6.45, 7) is 1.92. The molecular weight excluding hydrogens is 410 g/mol. The van der Waals surface area contributed by atoms with Crippen LogP contribution in [0.15, 0.2) is 60.8 Å². The van der Waals surface area contributed by atoms with E-state index in [4.69, 9.17) is 15.0 Å². The predicted molar refractivity (Wildman–Crippen MR) is 128 cm³/mol. The van der Waals surface area contributed by atoms with E-state index in [9.17, 15) is 0 Å². The van der Waals surface area contributed by atoms with Crippen LogP contribution in [0.5, 0.6) is 5.75 Å². The molecule has 1 aliphatic carbocycles. The minimum Gasteiger partial charge on any atom is -0.490 e. The van der Waals surface area contributed by atoms with Crippen molar-refractivity contribution < 1.29 is 4.74 Å². The van der Waals surface area contributed by atoms with Crippen LogP contribution < -0.4 is 10.1 Å². The molecule has 0 unspecified atom stereocenters. The summed E-state index contributed by atoms with van der Waals surface area (Å²) in [4.78, 5) is 11.6. The summed E-state index contributed by atoms with van der Waals surface area (Å²) in [5.74, 6) is 1.82. The van der Waals surface area contributed by atoms with Crippen molar-refractivity contribution >= 4 is 11.5 Å². The molecule has 6 nitrogen and oxygen atoms in total. The summed E-state index contributed by atoms with van der Waals surface area (Å²) in [7, 11) is 0. The highest BCUT2D eigenvalue weighted by molar-refractivity contribution is 5.55. The number of benzene rings is 1. The van der Waals surface area contributed by atoms with Gasteiger partial charge in [0.05, 0.1) is 29.7 Å². The fraction of sp³-hybridized carbons (Fsp3) is 0.370. The molecule has 1 N–H and O–H groups in total. The summed E-state index contributed by atoms with van der Waals surface area (Å²) >= 11 is 0. The molecule has 168 valence electrons. The molecule has 33 heavy (non-hydrogen) atoms. The number of pyridine rings is 2. The van der Waals surface area contributed by atoms with E-state index in [0.29, 0.717) is 11.8 Å². The Morgan fingerprint density at radius 3 is 2.70 bits per heavy atom. The number of nitrogens with one attached hydrogen (secondary N) is 1. The van der Waals surface area contributed by atoms with Crippen molar-refractivity contribution in [1.82, 2.24) is 14.9 Å². The number of rotatable bonds is 7. The van der Waals surface area contributed by atoms with Crippen LogP contribution >= 0.6 is 0 Å². The molecule has 2 fully saturated rings. The highest BCUT2D eigenvalue weighted by atomic mass is 16.5. The first-order valence-electron chi connectivity index (χ1n) is 11.9. The van der Waals surface area contributed by atoms with Gasteiger partial charge in [-0.25, -0.2) is 9.97 Å². The number of hydrogen-bond donors (Lipinski definition) is 1. The number of aromatic nitrogens is 2. The minimum atomic E-state index is 0.283. The quantitative estimate of drug-likeness (QED) is 0.505. The molecule has 0 radical (unpaired) electrons. The zero-order chi connectivity index (χ0) is 22.5. The van der Waals surface area contributed by atoms with Crippen LogP contribution in [-0.4, -0.2) is 27.5 Å². The van der Waals surface area contributed by atoms with E-state index in [-0.39, 0.29) is 6.04 Å². The van der Waals surface area contributed by atoms with Gasteiger partial charge in [-0.3, -0.25) is 4.90 Å². The molecule has 0 bridgehead atoms. The Bertz CT molecular complexity index is 1120. The standard InChI is InChI=1S/C27H29N5O/c28-17-21-14-15-22(18-29-21)30-27-13-5-10-24(31-27)25-11-6-16-32(25)19-20-7-1-4-12-26(20)33-23-8-2-3-9-23/h1,4-5,7,10,12-15,18,23,25H,2-3,6,8-9,11,16,19H2,(H,30,31)/t25-/m1/s1. The second-order valence-electron chi connectivity index (χ2n) is 8.88. The van der Waals surface area contributed by atoms with Gasteiger partial charge in [0.2, 0.25) is 0 Å². The summed E-state index contributed by atoms with van der Waals surface area (Å²) in [6.07, 6.45) is 9.16. The molecule has 1 saturated heterocycles. The Balaban J connectivity index is 1.30. The van der Waals surface area contributed by atoms with Gasteiger partial charge in [-0.05, 0) is 75.4 Å². The third-order valence-electron chi connectivity index (χ3n) is 6.57. The molecule has 1 atom stereocenters.